The molecule has 0 N–H and O–H groups in total. The second-order valence-electron chi connectivity index (χ2n) is 5.35. The van der Waals surface area contributed by atoms with Crippen molar-refractivity contribution >= 4 is 38.6 Å². The summed E-state index contributed by atoms with van der Waals surface area (Å²) in [5.74, 6) is -1.38. The van der Waals surface area contributed by atoms with Crippen LogP contribution < -0.4 is 0 Å². The van der Waals surface area contributed by atoms with Gasteiger partial charge in [0.1, 0.15) is 17.3 Å². The number of hydrogen-bond donors (Lipinski definition) is 0. The molecule has 0 saturated carbocycles. The van der Waals surface area contributed by atoms with Crippen molar-refractivity contribution < 1.29 is 22.3 Å². The Morgan fingerprint density at radius 2 is 1.71 bits per heavy atom. The highest BCUT2D eigenvalue weighted by Crippen LogP contribution is 2.34. The molecule has 0 amide bonds. The lowest BCUT2D eigenvalue weighted by Crippen LogP contribution is -2.02. The molecular weight excluding hydrogens is 355 g/mol. The monoisotopic (exact) mass is 366 g/mol. The Labute approximate surface area is 143 Å². The van der Waals surface area contributed by atoms with Crippen LogP contribution in [-0.2, 0) is 19.4 Å². The molecule has 7 heteroatoms. The minimum atomic E-state index is -3.66. The third-order valence-electron chi connectivity index (χ3n) is 3.67. The zero-order valence-corrected chi connectivity index (χ0v) is 14.1. The zero-order valence-electron chi connectivity index (χ0n) is 12.5. The van der Waals surface area contributed by atoms with Gasteiger partial charge in [0, 0.05) is 16.9 Å². The molecule has 1 aliphatic heterocycles. The lowest BCUT2D eigenvalue weighted by molar-refractivity contribution is -0.133. The molecule has 2 aromatic carbocycles. The number of rotatable bonds is 3. The number of sulfone groups is 1. The topological polar surface area (TPSA) is 60.4 Å². The van der Waals surface area contributed by atoms with Crippen molar-refractivity contribution in [1.29, 1.82) is 0 Å². The molecule has 0 radical (unpaired) electrons. The number of benzene rings is 2. The third-order valence-corrected chi connectivity index (χ3v) is 5.05. The fourth-order valence-electron chi connectivity index (χ4n) is 2.53. The summed E-state index contributed by atoms with van der Waals surface area (Å²) in [6.07, 6.45) is 0.936. The van der Waals surface area contributed by atoms with Crippen molar-refractivity contribution in [3.8, 4) is 0 Å². The van der Waals surface area contributed by atoms with E-state index in [0.717, 1.165) is 12.3 Å². The third kappa shape index (κ3) is 3.07. The van der Waals surface area contributed by atoms with Gasteiger partial charge in [0.25, 0.3) is 0 Å². The van der Waals surface area contributed by atoms with E-state index >= 15 is 0 Å². The van der Waals surface area contributed by atoms with Crippen LogP contribution in [0, 0.1) is 5.82 Å². The lowest BCUT2D eigenvalue weighted by atomic mass is 9.97. The highest BCUT2D eigenvalue weighted by atomic mass is 35.5. The zero-order chi connectivity index (χ0) is 17.5. The Hall–Kier alpha value is -2.18. The van der Waals surface area contributed by atoms with Crippen LogP contribution >= 0.6 is 11.6 Å². The summed E-state index contributed by atoms with van der Waals surface area (Å²) in [4.78, 5) is 11.7. The van der Waals surface area contributed by atoms with Crippen molar-refractivity contribution in [2.24, 2.45) is 0 Å². The van der Waals surface area contributed by atoms with Crippen molar-refractivity contribution in [3.63, 3.8) is 0 Å². The van der Waals surface area contributed by atoms with Gasteiger partial charge in [-0.2, -0.15) is 0 Å². The molecule has 1 aliphatic rings. The van der Waals surface area contributed by atoms with Crippen LogP contribution in [-0.4, -0.2) is 27.2 Å². The first-order valence-corrected chi connectivity index (χ1v) is 9.20. The van der Waals surface area contributed by atoms with E-state index in [4.69, 9.17) is 16.3 Å². The van der Waals surface area contributed by atoms with Crippen LogP contribution in [0.3, 0.4) is 0 Å². The Morgan fingerprint density at radius 3 is 2.29 bits per heavy atom. The predicted octanol–water partition coefficient (Wildman–Crippen LogP) is 3.35. The van der Waals surface area contributed by atoms with Crippen LogP contribution in [0.25, 0.3) is 11.1 Å². The van der Waals surface area contributed by atoms with Crippen molar-refractivity contribution in [2.75, 3.05) is 12.9 Å². The average Bonchev–Trinajstić information content (AvgIpc) is 2.88. The summed E-state index contributed by atoms with van der Waals surface area (Å²) >= 11 is 5.85. The first-order chi connectivity index (χ1) is 11.3. The fourth-order valence-corrected chi connectivity index (χ4v) is 3.39. The van der Waals surface area contributed by atoms with E-state index < -0.39 is 21.6 Å². The number of halogens is 2. The van der Waals surface area contributed by atoms with Gasteiger partial charge in [-0.3, -0.25) is 0 Å². The summed E-state index contributed by atoms with van der Waals surface area (Å²) in [5, 5.41) is 0.524. The Kier molecular flexibility index (Phi) is 4.19. The first kappa shape index (κ1) is 16.7. The summed E-state index contributed by atoms with van der Waals surface area (Å²) in [5.41, 5.74) is 1.82. The Morgan fingerprint density at radius 1 is 1.08 bits per heavy atom. The van der Waals surface area contributed by atoms with Gasteiger partial charge >= 0.3 is 5.97 Å². The van der Waals surface area contributed by atoms with Crippen molar-refractivity contribution in [3.05, 3.63) is 64.4 Å². The number of ether oxygens (including phenoxy) is 1. The second kappa shape index (κ2) is 6.03. The van der Waals surface area contributed by atoms with Crippen LogP contribution in [0.2, 0.25) is 5.02 Å². The molecule has 4 nitrogen and oxygen atoms in total. The maximum absolute atomic E-state index is 14.1. The molecule has 0 unspecified atom stereocenters. The molecule has 0 fully saturated rings. The molecular formula is C17H12ClFO4S. The molecule has 2 aromatic rings. The smallest absolute Gasteiger partial charge is 0.339 e. The van der Waals surface area contributed by atoms with E-state index in [-0.39, 0.29) is 11.5 Å². The highest BCUT2D eigenvalue weighted by Gasteiger charge is 2.28. The summed E-state index contributed by atoms with van der Waals surface area (Å²) in [7, 11) is -3.66. The number of hydrogen-bond acceptors (Lipinski definition) is 4. The number of cyclic esters (lactones) is 1. The summed E-state index contributed by atoms with van der Waals surface area (Å²) in [6.45, 7) is -0.00550. The van der Waals surface area contributed by atoms with Crippen LogP contribution in [0.4, 0.5) is 4.39 Å². The highest BCUT2D eigenvalue weighted by molar-refractivity contribution is 7.90. The summed E-state index contributed by atoms with van der Waals surface area (Å²) in [6, 6.07) is 10.4. The van der Waals surface area contributed by atoms with E-state index in [0.29, 0.717) is 27.3 Å². The average molecular weight is 367 g/mol. The van der Waals surface area contributed by atoms with Gasteiger partial charge < -0.3 is 4.74 Å². The fraction of sp³-hybridized carbons (Fsp3) is 0.118. The number of esters is 1. The second-order valence-corrected chi connectivity index (χ2v) is 7.77. The molecule has 24 heavy (non-hydrogen) atoms. The maximum atomic E-state index is 14.1. The van der Waals surface area contributed by atoms with Gasteiger partial charge in [0.2, 0.25) is 0 Å². The maximum Gasteiger partial charge on any atom is 0.339 e. The SMILES string of the molecule is CS(=O)(=O)c1ccc(C2=C(c3ccc(Cl)cc3)C(=O)OC2)cc1F. The van der Waals surface area contributed by atoms with Crippen molar-refractivity contribution in [1.82, 2.24) is 0 Å². The predicted molar refractivity (Wildman–Crippen MR) is 88.7 cm³/mol. The van der Waals surface area contributed by atoms with Crippen molar-refractivity contribution in [2.45, 2.75) is 4.90 Å². The molecule has 124 valence electrons. The molecule has 3 rings (SSSR count). The van der Waals surface area contributed by atoms with Crippen LogP contribution in [0.5, 0.6) is 0 Å². The van der Waals surface area contributed by atoms with Gasteiger partial charge in [0.15, 0.2) is 9.84 Å². The van der Waals surface area contributed by atoms with Crippen LogP contribution in [0.15, 0.2) is 47.4 Å². The molecule has 0 bridgehead atoms. The molecule has 0 spiro atoms. The van der Waals surface area contributed by atoms with Crippen LogP contribution in [0.1, 0.15) is 11.1 Å². The van der Waals surface area contributed by atoms with E-state index in [1.54, 1.807) is 24.3 Å². The standard InChI is InChI=1S/C17H12ClFO4S/c1-24(21,22)15-7-4-11(8-14(15)19)13-9-23-17(20)16(13)10-2-5-12(18)6-3-10/h2-8H,9H2,1H3. The van der Waals surface area contributed by atoms with E-state index in [1.165, 1.54) is 12.1 Å². The quantitative estimate of drug-likeness (QED) is 0.781. The number of carbonyl (C=O) groups excluding carboxylic acids is 1. The molecule has 0 aliphatic carbocycles. The van der Waals surface area contributed by atoms with Gasteiger partial charge in [-0.05, 0) is 35.4 Å². The Bertz CT molecular complexity index is 963. The first-order valence-electron chi connectivity index (χ1n) is 6.93. The molecule has 0 atom stereocenters. The van der Waals surface area contributed by atoms with Gasteiger partial charge in [0.05, 0.1) is 5.57 Å². The van der Waals surface area contributed by atoms with E-state index in [1.807, 2.05) is 0 Å². The summed E-state index contributed by atoms with van der Waals surface area (Å²) < 4.78 is 42.2. The largest absolute Gasteiger partial charge is 0.457 e. The molecule has 0 saturated heterocycles. The minimum absolute atomic E-state index is 0.00550. The number of carbonyl (C=O) groups is 1. The van der Waals surface area contributed by atoms with E-state index in [9.17, 15) is 17.6 Å². The van der Waals surface area contributed by atoms with E-state index in [2.05, 4.69) is 0 Å². The minimum Gasteiger partial charge on any atom is -0.457 e. The van der Waals surface area contributed by atoms with Gasteiger partial charge in [-0.25, -0.2) is 17.6 Å². The van der Waals surface area contributed by atoms with Gasteiger partial charge in [-0.1, -0.05) is 29.8 Å². The molecule has 0 aromatic heterocycles. The normalized spacial score (nSPS) is 14.9. The Balaban J connectivity index is 2.14. The lowest BCUT2D eigenvalue weighted by Gasteiger charge is -2.07. The van der Waals surface area contributed by atoms with Gasteiger partial charge in [-0.15, -0.1) is 0 Å². The molecule has 1 heterocycles.